The fourth-order valence-electron chi connectivity index (χ4n) is 3.24. The monoisotopic (exact) mass is 427 g/mol. The molecule has 9 heteroatoms. The number of benzene rings is 2. The molecule has 1 amide bonds. The van der Waals surface area contributed by atoms with Gasteiger partial charge in [0.05, 0.1) is 35.4 Å². The summed E-state index contributed by atoms with van der Waals surface area (Å²) in [4.78, 5) is 28.6. The van der Waals surface area contributed by atoms with E-state index >= 15 is 0 Å². The van der Waals surface area contributed by atoms with Crippen LogP contribution in [0.15, 0.2) is 41.9 Å². The quantitative estimate of drug-likeness (QED) is 0.334. The number of ether oxygens (including phenoxy) is 2. The average molecular weight is 427 g/mol. The molecule has 3 rings (SSSR count). The summed E-state index contributed by atoms with van der Waals surface area (Å²) in [6.45, 7) is 8.22. The molecule has 0 fully saturated rings. The normalized spacial score (nSPS) is 11.5. The molecule has 3 aromatic rings. The molecule has 2 aromatic carbocycles. The summed E-state index contributed by atoms with van der Waals surface area (Å²) in [7, 11) is 2.76. The molecule has 0 spiro atoms. The molecule has 0 unspecified atom stereocenters. The SMILES string of the molecule is C=CCn1c(=NC(=O)c2cc(OC)c(OC)cc2[N+](=O)[O-])sc2c(C)cc(C)cc21. The van der Waals surface area contributed by atoms with Crippen LogP contribution in [0.5, 0.6) is 11.5 Å². The first-order valence-electron chi connectivity index (χ1n) is 9.01. The number of aromatic nitrogens is 1. The smallest absolute Gasteiger partial charge is 0.286 e. The van der Waals surface area contributed by atoms with E-state index in [0.29, 0.717) is 11.3 Å². The topological polar surface area (TPSA) is 96.0 Å². The van der Waals surface area contributed by atoms with E-state index in [0.717, 1.165) is 27.4 Å². The van der Waals surface area contributed by atoms with Crippen molar-refractivity contribution in [3.8, 4) is 11.5 Å². The molecule has 1 aromatic heterocycles. The summed E-state index contributed by atoms with van der Waals surface area (Å²) in [5.74, 6) is -0.361. The van der Waals surface area contributed by atoms with Crippen molar-refractivity contribution in [3.63, 3.8) is 0 Å². The molecule has 0 aliphatic carbocycles. The molecule has 0 N–H and O–H groups in total. The number of rotatable bonds is 6. The number of aryl methyl sites for hydroxylation is 2. The third-order valence-corrected chi connectivity index (χ3v) is 5.78. The van der Waals surface area contributed by atoms with Crippen molar-refractivity contribution in [1.82, 2.24) is 4.57 Å². The van der Waals surface area contributed by atoms with Crippen molar-refractivity contribution >= 4 is 33.1 Å². The first kappa shape index (κ1) is 21.3. The van der Waals surface area contributed by atoms with E-state index < -0.39 is 16.5 Å². The largest absolute Gasteiger partial charge is 0.493 e. The standard InChI is InChI=1S/C21H21N3O5S/c1-6-7-23-16-9-12(2)8-13(3)19(16)30-21(23)22-20(25)14-10-17(28-4)18(29-5)11-15(14)24(26)27/h6,8-11H,1,7H2,2-5H3. The van der Waals surface area contributed by atoms with Gasteiger partial charge in [-0.05, 0) is 31.0 Å². The highest BCUT2D eigenvalue weighted by atomic mass is 32.1. The number of hydrogen-bond donors (Lipinski definition) is 0. The number of amides is 1. The van der Waals surface area contributed by atoms with Gasteiger partial charge >= 0.3 is 0 Å². The van der Waals surface area contributed by atoms with E-state index in [-0.39, 0.29) is 17.1 Å². The second-order valence-electron chi connectivity index (χ2n) is 6.61. The van der Waals surface area contributed by atoms with E-state index in [2.05, 4.69) is 17.6 Å². The van der Waals surface area contributed by atoms with Gasteiger partial charge in [0.25, 0.3) is 11.6 Å². The minimum absolute atomic E-state index is 0.162. The van der Waals surface area contributed by atoms with Crippen LogP contribution in [-0.2, 0) is 6.54 Å². The first-order chi connectivity index (χ1) is 14.3. The minimum atomic E-state index is -0.735. The third kappa shape index (κ3) is 3.84. The van der Waals surface area contributed by atoms with Crippen LogP contribution in [0.3, 0.4) is 0 Å². The van der Waals surface area contributed by atoms with Gasteiger partial charge in [0.2, 0.25) is 0 Å². The molecule has 0 saturated carbocycles. The van der Waals surface area contributed by atoms with Gasteiger partial charge in [-0.2, -0.15) is 4.99 Å². The Morgan fingerprint density at radius 3 is 2.50 bits per heavy atom. The fourth-order valence-corrected chi connectivity index (χ4v) is 4.33. The summed E-state index contributed by atoms with van der Waals surface area (Å²) < 4.78 is 13.2. The van der Waals surface area contributed by atoms with Crippen molar-refractivity contribution in [3.05, 3.63) is 68.5 Å². The van der Waals surface area contributed by atoms with Crippen LogP contribution < -0.4 is 14.3 Å². The van der Waals surface area contributed by atoms with Crippen molar-refractivity contribution in [2.45, 2.75) is 20.4 Å². The van der Waals surface area contributed by atoms with E-state index in [4.69, 9.17) is 9.47 Å². The Balaban J connectivity index is 2.25. The van der Waals surface area contributed by atoms with E-state index in [1.54, 1.807) is 6.08 Å². The van der Waals surface area contributed by atoms with Gasteiger partial charge in [0.15, 0.2) is 16.3 Å². The van der Waals surface area contributed by atoms with E-state index in [9.17, 15) is 14.9 Å². The zero-order chi connectivity index (χ0) is 22.0. The highest BCUT2D eigenvalue weighted by molar-refractivity contribution is 7.16. The number of carbonyl (C=O) groups excluding carboxylic acids is 1. The van der Waals surface area contributed by atoms with Gasteiger partial charge in [-0.25, -0.2) is 0 Å². The lowest BCUT2D eigenvalue weighted by molar-refractivity contribution is -0.385. The third-order valence-electron chi connectivity index (χ3n) is 4.55. The van der Waals surface area contributed by atoms with Gasteiger partial charge in [-0.15, -0.1) is 6.58 Å². The molecule has 30 heavy (non-hydrogen) atoms. The zero-order valence-electron chi connectivity index (χ0n) is 17.1. The van der Waals surface area contributed by atoms with Crippen LogP contribution >= 0.6 is 11.3 Å². The maximum absolute atomic E-state index is 13.0. The first-order valence-corrected chi connectivity index (χ1v) is 9.83. The van der Waals surface area contributed by atoms with Crippen LogP contribution in [0.4, 0.5) is 5.69 Å². The number of nitro benzene ring substituents is 1. The second kappa shape index (κ2) is 8.50. The van der Waals surface area contributed by atoms with Crippen molar-refractivity contribution in [2.75, 3.05) is 14.2 Å². The number of thiazole rings is 1. The second-order valence-corrected chi connectivity index (χ2v) is 7.59. The number of hydrogen-bond acceptors (Lipinski definition) is 6. The summed E-state index contributed by atoms with van der Waals surface area (Å²) in [5, 5.41) is 11.5. The number of nitrogens with zero attached hydrogens (tertiary/aromatic N) is 3. The molecular formula is C21H21N3O5S. The van der Waals surface area contributed by atoms with Crippen molar-refractivity contribution in [2.24, 2.45) is 4.99 Å². The molecule has 0 radical (unpaired) electrons. The fraction of sp³-hybridized carbons (Fsp3) is 0.238. The average Bonchev–Trinajstić information content (AvgIpc) is 3.04. The highest BCUT2D eigenvalue weighted by Gasteiger charge is 2.24. The predicted molar refractivity (Wildman–Crippen MR) is 116 cm³/mol. The maximum Gasteiger partial charge on any atom is 0.286 e. The van der Waals surface area contributed by atoms with Gasteiger partial charge in [-0.3, -0.25) is 14.9 Å². The number of nitro groups is 1. The van der Waals surface area contributed by atoms with Gasteiger partial charge in [0, 0.05) is 12.6 Å². The summed E-state index contributed by atoms with van der Waals surface area (Å²) >= 11 is 1.36. The Bertz CT molecular complexity index is 1240. The Morgan fingerprint density at radius 2 is 1.90 bits per heavy atom. The number of fused-ring (bicyclic) bond motifs is 1. The molecule has 0 saturated heterocycles. The Kier molecular flexibility index (Phi) is 6.02. The molecular weight excluding hydrogens is 406 g/mol. The van der Waals surface area contributed by atoms with Gasteiger partial charge in [-0.1, -0.05) is 23.5 Å². The maximum atomic E-state index is 13.0. The van der Waals surface area contributed by atoms with Gasteiger partial charge in [0.1, 0.15) is 5.56 Å². The van der Waals surface area contributed by atoms with Crippen LogP contribution in [-0.4, -0.2) is 29.6 Å². The lowest BCUT2D eigenvalue weighted by Crippen LogP contribution is -2.17. The lowest BCUT2D eigenvalue weighted by Gasteiger charge is -2.09. The minimum Gasteiger partial charge on any atom is -0.493 e. The number of carbonyl (C=O) groups is 1. The molecule has 1 heterocycles. The van der Waals surface area contributed by atoms with Crippen LogP contribution in [0.2, 0.25) is 0 Å². The molecule has 0 aliphatic heterocycles. The Morgan fingerprint density at radius 1 is 1.23 bits per heavy atom. The van der Waals surface area contributed by atoms with E-state index in [1.165, 1.54) is 31.6 Å². The van der Waals surface area contributed by atoms with Crippen LogP contribution in [0, 0.1) is 24.0 Å². The number of methoxy groups -OCH3 is 2. The zero-order valence-corrected chi connectivity index (χ0v) is 17.9. The Labute approximate surface area is 176 Å². The van der Waals surface area contributed by atoms with Crippen molar-refractivity contribution < 1.29 is 19.2 Å². The molecule has 8 nitrogen and oxygen atoms in total. The summed E-state index contributed by atoms with van der Waals surface area (Å²) in [6, 6.07) is 6.52. The van der Waals surface area contributed by atoms with Crippen LogP contribution in [0.1, 0.15) is 21.5 Å². The molecule has 156 valence electrons. The summed E-state index contributed by atoms with van der Waals surface area (Å²) in [6.07, 6.45) is 1.71. The molecule has 0 atom stereocenters. The van der Waals surface area contributed by atoms with E-state index in [1.807, 2.05) is 24.5 Å². The molecule has 0 aliphatic rings. The van der Waals surface area contributed by atoms with Crippen molar-refractivity contribution in [1.29, 1.82) is 0 Å². The predicted octanol–water partition coefficient (Wildman–Crippen LogP) is 4.17. The van der Waals surface area contributed by atoms with Gasteiger partial charge < -0.3 is 14.0 Å². The molecule has 0 bridgehead atoms. The Hall–Kier alpha value is -3.46. The number of allylic oxidation sites excluding steroid dienone is 1. The lowest BCUT2D eigenvalue weighted by atomic mass is 10.1. The highest BCUT2D eigenvalue weighted by Crippen LogP contribution is 2.35. The summed E-state index contributed by atoms with van der Waals surface area (Å²) in [5.41, 5.74) is 2.52. The van der Waals surface area contributed by atoms with Crippen LogP contribution in [0.25, 0.3) is 10.2 Å².